The van der Waals surface area contributed by atoms with Crippen LogP contribution in [0, 0.1) is 17.6 Å². The van der Waals surface area contributed by atoms with Gasteiger partial charge in [-0.05, 0) is 67.2 Å². The fourth-order valence-corrected chi connectivity index (χ4v) is 4.20. The third-order valence-electron chi connectivity index (χ3n) is 6.53. The quantitative estimate of drug-likeness (QED) is 0.365. The van der Waals surface area contributed by atoms with Gasteiger partial charge < -0.3 is 9.47 Å². The fourth-order valence-electron chi connectivity index (χ4n) is 4.20. The largest absolute Gasteiger partial charge is 0.490 e. The van der Waals surface area contributed by atoms with Crippen molar-refractivity contribution in [3.05, 3.63) is 53.6 Å². The molecule has 180 valence electrons. The van der Waals surface area contributed by atoms with Crippen LogP contribution >= 0.6 is 0 Å². The average Bonchev–Trinajstić information content (AvgIpc) is 2.84. The predicted octanol–water partition coefficient (Wildman–Crippen LogP) is 7.37. The van der Waals surface area contributed by atoms with Crippen LogP contribution in [0.25, 0.3) is 11.1 Å². The van der Waals surface area contributed by atoms with Crippen LogP contribution in [0.15, 0.2) is 36.4 Å². The van der Waals surface area contributed by atoms with Crippen molar-refractivity contribution < 1.29 is 27.4 Å². The molecule has 2 aromatic rings. The van der Waals surface area contributed by atoms with E-state index in [2.05, 4.69) is 0 Å². The van der Waals surface area contributed by atoms with Gasteiger partial charge in [0.25, 0.3) is 0 Å². The maximum absolute atomic E-state index is 14.6. The second-order valence-corrected chi connectivity index (χ2v) is 8.91. The third-order valence-corrected chi connectivity index (χ3v) is 6.53. The van der Waals surface area contributed by atoms with Gasteiger partial charge in [-0.1, -0.05) is 51.5 Å². The van der Waals surface area contributed by atoms with E-state index in [1.807, 2.05) is 26.0 Å². The molecule has 1 saturated carbocycles. The molecule has 3 nitrogen and oxygen atoms in total. The van der Waals surface area contributed by atoms with E-state index >= 15 is 0 Å². The van der Waals surface area contributed by atoms with Crippen LogP contribution < -0.4 is 4.74 Å². The number of carbonyl (C=O) groups excluding carboxylic acids is 1. The Morgan fingerprint density at radius 3 is 2.27 bits per heavy atom. The molecule has 0 spiro atoms. The van der Waals surface area contributed by atoms with Crippen molar-refractivity contribution in [3.63, 3.8) is 0 Å². The molecule has 0 aliphatic heterocycles. The summed E-state index contributed by atoms with van der Waals surface area (Å²) in [6, 6.07) is 10.5. The normalized spacial score (nSPS) is 20.2. The molecular formula is C27H33F3O3. The van der Waals surface area contributed by atoms with Crippen molar-refractivity contribution in [2.24, 2.45) is 5.92 Å². The number of hydrogen-bond donors (Lipinski definition) is 0. The van der Waals surface area contributed by atoms with Crippen LogP contribution in [0.1, 0.15) is 70.8 Å². The number of halogens is 3. The molecule has 1 aliphatic rings. The van der Waals surface area contributed by atoms with E-state index < -0.39 is 23.8 Å². The van der Waals surface area contributed by atoms with E-state index in [0.717, 1.165) is 18.4 Å². The number of rotatable bonds is 9. The van der Waals surface area contributed by atoms with E-state index in [1.54, 1.807) is 19.1 Å². The van der Waals surface area contributed by atoms with Crippen molar-refractivity contribution in [1.29, 1.82) is 0 Å². The molecule has 0 amide bonds. The lowest BCUT2D eigenvalue weighted by atomic mass is 9.82. The topological polar surface area (TPSA) is 35.5 Å². The summed E-state index contributed by atoms with van der Waals surface area (Å²) in [5.41, 5.74) is 1.90. The zero-order valence-electron chi connectivity index (χ0n) is 19.6. The minimum atomic E-state index is -1.57. The van der Waals surface area contributed by atoms with E-state index in [9.17, 15) is 18.0 Å². The molecule has 33 heavy (non-hydrogen) atoms. The molecule has 0 radical (unpaired) electrons. The summed E-state index contributed by atoms with van der Waals surface area (Å²) < 4.78 is 53.6. The predicted molar refractivity (Wildman–Crippen MR) is 123 cm³/mol. The molecule has 0 aromatic heterocycles. The Morgan fingerprint density at radius 1 is 1.00 bits per heavy atom. The number of carbonyl (C=O) groups is 1. The van der Waals surface area contributed by atoms with Gasteiger partial charge in [-0.2, -0.15) is 4.39 Å². The summed E-state index contributed by atoms with van der Waals surface area (Å²) in [4.78, 5) is 12.0. The lowest BCUT2D eigenvalue weighted by molar-refractivity contribution is -0.158. The van der Waals surface area contributed by atoms with Gasteiger partial charge in [0.2, 0.25) is 5.82 Å². The van der Waals surface area contributed by atoms with Gasteiger partial charge in [-0.3, -0.25) is 0 Å². The van der Waals surface area contributed by atoms with Crippen LogP contribution in [-0.2, 0) is 9.53 Å². The Bertz CT molecular complexity index is 921. The number of hydrogen-bond acceptors (Lipinski definition) is 3. The van der Waals surface area contributed by atoms with E-state index in [0.29, 0.717) is 37.9 Å². The molecule has 0 bridgehead atoms. The molecule has 1 fully saturated rings. The summed E-state index contributed by atoms with van der Waals surface area (Å²) in [7, 11) is 0. The molecule has 0 heterocycles. The van der Waals surface area contributed by atoms with Crippen molar-refractivity contribution in [2.75, 3.05) is 6.61 Å². The lowest BCUT2D eigenvalue weighted by Crippen LogP contribution is -2.31. The van der Waals surface area contributed by atoms with E-state index in [4.69, 9.17) is 9.47 Å². The Morgan fingerprint density at radius 2 is 1.67 bits per heavy atom. The highest BCUT2D eigenvalue weighted by atomic mass is 19.2. The van der Waals surface area contributed by atoms with Crippen LogP contribution in [-0.4, -0.2) is 24.9 Å². The molecule has 0 saturated heterocycles. The number of esters is 1. The summed E-state index contributed by atoms with van der Waals surface area (Å²) in [5, 5.41) is 0. The smallest absolute Gasteiger partial charge is 0.341 e. The third kappa shape index (κ3) is 6.10. The first kappa shape index (κ1) is 25.1. The Kier molecular flexibility index (Phi) is 8.81. The van der Waals surface area contributed by atoms with E-state index in [-0.39, 0.29) is 29.3 Å². The molecule has 2 atom stereocenters. The molecule has 6 heteroatoms. The van der Waals surface area contributed by atoms with Gasteiger partial charge >= 0.3 is 5.97 Å². The average molecular weight is 463 g/mol. The highest BCUT2D eigenvalue weighted by Crippen LogP contribution is 2.36. The van der Waals surface area contributed by atoms with Crippen LogP contribution in [0.4, 0.5) is 13.2 Å². The van der Waals surface area contributed by atoms with Gasteiger partial charge in [-0.15, -0.1) is 0 Å². The monoisotopic (exact) mass is 462 g/mol. The van der Waals surface area contributed by atoms with Gasteiger partial charge in [0.05, 0.1) is 6.61 Å². The van der Waals surface area contributed by atoms with Gasteiger partial charge in [-0.25, -0.2) is 13.6 Å². The number of benzene rings is 2. The van der Waals surface area contributed by atoms with Gasteiger partial charge in [0.15, 0.2) is 17.7 Å². The van der Waals surface area contributed by atoms with Crippen molar-refractivity contribution >= 4 is 5.97 Å². The standard InChI is InChI=1S/C27H33F3O3/c1-4-16-32-23-15-14-22(25(29)26(23)30)20-8-6-18(7-9-20)19-10-12-21(13-11-19)33-27(31)24(28)17(3)5-2/h6-9,14-15,17,19,21,24H,4-5,10-13,16H2,1-3H3/t17-,19-,21-,24-/m0/s1. The molecule has 2 aromatic carbocycles. The Labute approximate surface area is 194 Å². The maximum atomic E-state index is 14.6. The van der Waals surface area contributed by atoms with Crippen LogP contribution in [0.3, 0.4) is 0 Å². The highest BCUT2D eigenvalue weighted by molar-refractivity contribution is 5.75. The summed E-state index contributed by atoms with van der Waals surface area (Å²) >= 11 is 0. The lowest BCUT2D eigenvalue weighted by Gasteiger charge is -2.29. The highest BCUT2D eigenvalue weighted by Gasteiger charge is 2.30. The van der Waals surface area contributed by atoms with E-state index in [1.165, 1.54) is 12.1 Å². The molecule has 0 unspecified atom stereocenters. The number of ether oxygens (including phenoxy) is 2. The SMILES string of the molecule is CCCOc1ccc(-c2ccc([C@H]3CC[C@H](OC(=O)[C@@H](F)[C@@H](C)CC)CC3)cc2)c(F)c1F. The second kappa shape index (κ2) is 11.6. The summed E-state index contributed by atoms with van der Waals surface area (Å²) in [6.45, 7) is 5.79. The maximum Gasteiger partial charge on any atom is 0.341 e. The minimum absolute atomic E-state index is 0.0737. The summed E-state index contributed by atoms with van der Waals surface area (Å²) in [5.74, 6) is -2.77. The van der Waals surface area contributed by atoms with Crippen molar-refractivity contribution in [3.8, 4) is 16.9 Å². The van der Waals surface area contributed by atoms with Crippen molar-refractivity contribution in [1.82, 2.24) is 0 Å². The first-order valence-electron chi connectivity index (χ1n) is 11.9. The van der Waals surface area contributed by atoms with Crippen LogP contribution in [0.2, 0.25) is 0 Å². The molecular weight excluding hydrogens is 429 g/mol. The Balaban J connectivity index is 1.59. The van der Waals surface area contributed by atoms with Gasteiger partial charge in [0.1, 0.15) is 6.10 Å². The fraction of sp³-hybridized carbons (Fsp3) is 0.519. The number of alkyl halides is 1. The molecule has 1 aliphatic carbocycles. The summed E-state index contributed by atoms with van der Waals surface area (Å²) in [6.07, 6.45) is 2.50. The first-order valence-corrected chi connectivity index (χ1v) is 11.9. The first-order chi connectivity index (χ1) is 15.8. The molecule has 0 N–H and O–H groups in total. The zero-order chi connectivity index (χ0) is 24.0. The Hall–Kier alpha value is -2.50. The molecule has 3 rings (SSSR count). The zero-order valence-corrected chi connectivity index (χ0v) is 19.6. The van der Waals surface area contributed by atoms with Crippen LogP contribution in [0.5, 0.6) is 5.75 Å². The van der Waals surface area contributed by atoms with Gasteiger partial charge in [0, 0.05) is 5.56 Å². The second-order valence-electron chi connectivity index (χ2n) is 8.91. The minimum Gasteiger partial charge on any atom is -0.490 e. The van der Waals surface area contributed by atoms with Crippen molar-refractivity contribution in [2.45, 2.75) is 77.5 Å².